The molecule has 2 aromatic heterocycles. The van der Waals surface area contributed by atoms with E-state index in [1.807, 2.05) is 4.57 Å². The first-order valence-electron chi connectivity index (χ1n) is 9.18. The van der Waals surface area contributed by atoms with Crippen molar-refractivity contribution >= 4 is 21.6 Å². The molecule has 25 heavy (non-hydrogen) atoms. The lowest BCUT2D eigenvalue weighted by Gasteiger charge is -2.25. The molecule has 1 fully saturated rings. The molecule has 0 saturated heterocycles. The van der Waals surface area contributed by atoms with Gasteiger partial charge in [0.25, 0.3) is 5.56 Å². The molecule has 0 N–H and O–H groups in total. The van der Waals surface area contributed by atoms with Gasteiger partial charge < -0.3 is 9.80 Å². The largest absolute Gasteiger partial charge is 0.371 e. The highest BCUT2D eigenvalue weighted by Crippen LogP contribution is 2.43. The third-order valence-electron chi connectivity index (χ3n) is 6.28. The Hall–Kier alpha value is -1.66. The quantitative estimate of drug-likeness (QED) is 0.728. The Labute approximate surface area is 151 Å². The standard InChI is InChI=1S/C19H24N4OS/c1-11-12-5-4-6-14(12)23-16(10-22(11)3)20-18-17(19(23)24)13-7-8-21(2)9-15(13)25-18/h12,14H,1,4-10H2,2-3H3/t12-,14+/m1/s1. The Morgan fingerprint density at radius 3 is 2.92 bits per heavy atom. The molecule has 0 amide bonds. The van der Waals surface area contributed by atoms with E-state index in [0.29, 0.717) is 12.5 Å². The molecule has 2 atom stereocenters. The van der Waals surface area contributed by atoms with E-state index in [0.717, 1.165) is 48.4 Å². The van der Waals surface area contributed by atoms with Crippen LogP contribution in [-0.2, 0) is 19.5 Å². The molecule has 132 valence electrons. The molecule has 0 spiro atoms. The van der Waals surface area contributed by atoms with Gasteiger partial charge in [-0.1, -0.05) is 13.0 Å². The molecular formula is C19H24N4OS. The van der Waals surface area contributed by atoms with Crippen molar-refractivity contribution in [2.24, 2.45) is 5.92 Å². The second-order valence-electron chi connectivity index (χ2n) is 7.83. The monoisotopic (exact) mass is 356 g/mol. The summed E-state index contributed by atoms with van der Waals surface area (Å²) in [5, 5.41) is 0.901. The number of hydrogen-bond acceptors (Lipinski definition) is 5. The molecule has 3 aliphatic rings. The zero-order valence-electron chi connectivity index (χ0n) is 14.9. The number of rotatable bonds is 0. The smallest absolute Gasteiger partial charge is 0.262 e. The SMILES string of the molecule is C=C1[C@H]2CCC[C@@H]2n2c(nc3sc4c(c3c2=O)CCN(C)C4)CN1C. The van der Waals surface area contributed by atoms with Gasteiger partial charge in [-0.25, -0.2) is 4.98 Å². The van der Waals surface area contributed by atoms with Gasteiger partial charge >= 0.3 is 0 Å². The molecule has 1 saturated carbocycles. The van der Waals surface area contributed by atoms with E-state index in [2.05, 4.69) is 30.5 Å². The Balaban J connectivity index is 1.77. The zero-order chi connectivity index (χ0) is 17.3. The van der Waals surface area contributed by atoms with Crippen LogP contribution in [0.25, 0.3) is 10.2 Å². The average Bonchev–Trinajstić information content (AvgIpc) is 3.15. The summed E-state index contributed by atoms with van der Waals surface area (Å²) in [7, 11) is 4.23. The molecular weight excluding hydrogens is 332 g/mol. The summed E-state index contributed by atoms with van der Waals surface area (Å²) in [6.07, 6.45) is 4.32. The van der Waals surface area contributed by atoms with Gasteiger partial charge in [0.15, 0.2) is 0 Å². The minimum atomic E-state index is 0.196. The molecule has 6 heteroatoms. The first kappa shape index (κ1) is 15.6. The van der Waals surface area contributed by atoms with Crippen LogP contribution in [0.4, 0.5) is 0 Å². The summed E-state index contributed by atoms with van der Waals surface area (Å²) in [6.45, 7) is 6.96. The summed E-state index contributed by atoms with van der Waals surface area (Å²) < 4.78 is 2.04. The van der Waals surface area contributed by atoms with E-state index >= 15 is 0 Å². The van der Waals surface area contributed by atoms with Gasteiger partial charge in [-0.15, -0.1) is 11.3 Å². The van der Waals surface area contributed by atoms with Crippen molar-refractivity contribution in [1.29, 1.82) is 0 Å². The van der Waals surface area contributed by atoms with Gasteiger partial charge in [0.1, 0.15) is 10.7 Å². The van der Waals surface area contributed by atoms with Gasteiger partial charge in [0.05, 0.1) is 11.9 Å². The molecule has 2 aliphatic heterocycles. The van der Waals surface area contributed by atoms with Crippen LogP contribution in [0, 0.1) is 5.92 Å². The van der Waals surface area contributed by atoms with E-state index in [4.69, 9.17) is 4.98 Å². The van der Waals surface area contributed by atoms with Crippen molar-refractivity contribution < 1.29 is 0 Å². The topological polar surface area (TPSA) is 41.4 Å². The number of fused-ring (bicyclic) bond motifs is 6. The van der Waals surface area contributed by atoms with Crippen molar-refractivity contribution in [3.8, 4) is 0 Å². The lowest BCUT2D eigenvalue weighted by Crippen LogP contribution is -2.31. The van der Waals surface area contributed by atoms with E-state index < -0.39 is 0 Å². The van der Waals surface area contributed by atoms with Crippen molar-refractivity contribution in [1.82, 2.24) is 19.4 Å². The first-order chi connectivity index (χ1) is 12.0. The van der Waals surface area contributed by atoms with Crippen LogP contribution in [0.5, 0.6) is 0 Å². The number of allylic oxidation sites excluding steroid dienone is 1. The van der Waals surface area contributed by atoms with Crippen LogP contribution in [-0.4, -0.2) is 40.0 Å². The second kappa shape index (κ2) is 5.42. The van der Waals surface area contributed by atoms with Gasteiger partial charge in [0.2, 0.25) is 0 Å². The summed E-state index contributed by atoms with van der Waals surface area (Å²) in [5.41, 5.74) is 2.62. The highest BCUT2D eigenvalue weighted by molar-refractivity contribution is 7.18. The number of thiophene rings is 1. The Bertz CT molecular complexity index is 943. The molecule has 5 rings (SSSR count). The minimum Gasteiger partial charge on any atom is -0.371 e. The lowest BCUT2D eigenvalue weighted by molar-refractivity contribution is 0.317. The molecule has 0 aromatic carbocycles. The predicted octanol–water partition coefficient (Wildman–Crippen LogP) is 2.75. The Morgan fingerprint density at radius 1 is 1.24 bits per heavy atom. The van der Waals surface area contributed by atoms with Crippen LogP contribution in [0.1, 0.15) is 41.6 Å². The maximum Gasteiger partial charge on any atom is 0.262 e. The molecule has 5 nitrogen and oxygen atoms in total. The van der Waals surface area contributed by atoms with Gasteiger partial charge in [0, 0.05) is 42.7 Å². The average molecular weight is 356 g/mol. The summed E-state index contributed by atoms with van der Waals surface area (Å²) >= 11 is 1.72. The van der Waals surface area contributed by atoms with Crippen LogP contribution < -0.4 is 5.56 Å². The molecule has 4 heterocycles. The molecule has 0 unspecified atom stereocenters. The molecule has 0 bridgehead atoms. The number of likely N-dealkylation sites (N-methyl/N-ethyl adjacent to an activating group) is 1. The Morgan fingerprint density at radius 2 is 2.08 bits per heavy atom. The number of hydrogen-bond donors (Lipinski definition) is 0. The van der Waals surface area contributed by atoms with E-state index in [-0.39, 0.29) is 11.6 Å². The van der Waals surface area contributed by atoms with Gasteiger partial charge in [-0.3, -0.25) is 9.36 Å². The van der Waals surface area contributed by atoms with E-state index in [1.54, 1.807) is 11.3 Å². The minimum absolute atomic E-state index is 0.196. The third kappa shape index (κ3) is 2.16. The highest BCUT2D eigenvalue weighted by atomic mass is 32.1. The van der Waals surface area contributed by atoms with Crippen molar-refractivity contribution in [2.75, 3.05) is 20.6 Å². The summed E-state index contributed by atoms with van der Waals surface area (Å²) in [5.74, 6) is 1.30. The number of aromatic nitrogens is 2. The maximum absolute atomic E-state index is 13.6. The lowest BCUT2D eigenvalue weighted by atomic mass is 9.99. The first-order valence-corrected chi connectivity index (χ1v) is 10.0. The fourth-order valence-electron chi connectivity index (χ4n) is 4.91. The third-order valence-corrected chi connectivity index (χ3v) is 7.39. The normalized spacial score (nSPS) is 26.5. The fourth-order valence-corrected chi connectivity index (χ4v) is 6.22. The van der Waals surface area contributed by atoms with Crippen molar-refractivity contribution in [2.45, 2.75) is 44.8 Å². The van der Waals surface area contributed by atoms with Gasteiger partial charge in [-0.2, -0.15) is 0 Å². The highest BCUT2D eigenvalue weighted by Gasteiger charge is 2.38. The van der Waals surface area contributed by atoms with Crippen LogP contribution in [0.2, 0.25) is 0 Å². The van der Waals surface area contributed by atoms with Gasteiger partial charge in [-0.05, 0) is 31.9 Å². The van der Waals surface area contributed by atoms with E-state index in [9.17, 15) is 4.79 Å². The molecule has 0 radical (unpaired) electrons. The van der Waals surface area contributed by atoms with E-state index in [1.165, 1.54) is 22.6 Å². The summed E-state index contributed by atoms with van der Waals surface area (Å²) in [4.78, 5) is 25.3. The zero-order valence-corrected chi connectivity index (χ0v) is 15.7. The van der Waals surface area contributed by atoms with Crippen molar-refractivity contribution in [3.63, 3.8) is 0 Å². The molecule has 1 aliphatic carbocycles. The van der Waals surface area contributed by atoms with Crippen LogP contribution in [0.3, 0.4) is 0 Å². The predicted molar refractivity (Wildman–Crippen MR) is 101 cm³/mol. The maximum atomic E-state index is 13.6. The number of nitrogens with zero attached hydrogens (tertiary/aromatic N) is 4. The second-order valence-corrected chi connectivity index (χ2v) is 8.91. The molecule has 2 aromatic rings. The summed E-state index contributed by atoms with van der Waals surface area (Å²) in [6, 6.07) is 0.235. The van der Waals surface area contributed by atoms with Crippen LogP contribution in [0.15, 0.2) is 17.1 Å². The van der Waals surface area contributed by atoms with Crippen LogP contribution >= 0.6 is 11.3 Å². The Kier molecular flexibility index (Phi) is 3.38. The fraction of sp³-hybridized carbons (Fsp3) is 0.579. The van der Waals surface area contributed by atoms with Crippen molar-refractivity contribution in [3.05, 3.63) is 38.9 Å².